The Balaban J connectivity index is 3.17. The van der Waals surface area contributed by atoms with Crippen LogP contribution in [-0.4, -0.2) is 5.60 Å². The maximum atomic E-state index is 5.10. The van der Waals surface area contributed by atoms with Crippen molar-refractivity contribution in [2.75, 3.05) is 0 Å². The normalized spacial score (nSPS) is 11.7. The van der Waals surface area contributed by atoms with Crippen molar-refractivity contribution in [2.24, 2.45) is 0 Å². The molecule has 0 unspecified atom stereocenters. The molecule has 0 rings (SSSR count). The van der Waals surface area contributed by atoms with Gasteiger partial charge in [0.15, 0.2) is 0 Å². The Morgan fingerprint density at radius 1 is 1.33 bits per heavy atom. The van der Waals surface area contributed by atoms with E-state index in [2.05, 4.69) is 20.8 Å². The first-order valence-corrected chi connectivity index (χ1v) is 3.42. The van der Waals surface area contributed by atoms with E-state index in [0.29, 0.717) is 34.3 Å². The van der Waals surface area contributed by atoms with Crippen LogP contribution in [0.3, 0.4) is 0 Å². The summed E-state index contributed by atoms with van der Waals surface area (Å²) in [5.74, 6) is 0. The van der Waals surface area contributed by atoms with E-state index in [1.165, 1.54) is 0 Å². The SMILES string of the molecule is CC(C)(C)[O][La]. The average molecular weight is 212 g/mol. The molecule has 0 aromatic heterocycles. The third kappa shape index (κ3) is 5.15. The predicted molar refractivity (Wildman–Crippen MR) is 20.8 cm³/mol. The van der Waals surface area contributed by atoms with Gasteiger partial charge in [-0.15, -0.1) is 0 Å². The Morgan fingerprint density at radius 3 is 1.50 bits per heavy atom. The van der Waals surface area contributed by atoms with Gasteiger partial charge in [-0.2, -0.15) is 0 Å². The molecule has 6 heavy (non-hydrogen) atoms. The van der Waals surface area contributed by atoms with Gasteiger partial charge in [0.25, 0.3) is 0 Å². The first-order valence-electron chi connectivity index (χ1n) is 1.94. The fraction of sp³-hybridized carbons (Fsp3) is 1.00. The zero-order chi connectivity index (χ0) is 5.21. The van der Waals surface area contributed by atoms with E-state index in [0.717, 1.165) is 0 Å². The van der Waals surface area contributed by atoms with E-state index in [1.54, 1.807) is 0 Å². The second kappa shape index (κ2) is 2.46. The van der Waals surface area contributed by atoms with Crippen LogP contribution in [0.2, 0.25) is 0 Å². The summed E-state index contributed by atoms with van der Waals surface area (Å²) in [5.41, 5.74) is 0.116. The van der Waals surface area contributed by atoms with Crippen LogP contribution in [0.5, 0.6) is 0 Å². The Hall–Kier alpha value is 1.15. The number of hydrogen-bond donors (Lipinski definition) is 0. The van der Waals surface area contributed by atoms with Crippen LogP contribution in [0.25, 0.3) is 0 Å². The molecule has 0 radical (unpaired) electrons. The summed E-state index contributed by atoms with van der Waals surface area (Å²) in [7, 11) is 0. The van der Waals surface area contributed by atoms with Crippen molar-refractivity contribution in [2.45, 2.75) is 26.4 Å². The van der Waals surface area contributed by atoms with E-state index in [1.807, 2.05) is 0 Å². The fourth-order valence-corrected chi connectivity index (χ4v) is 0. The van der Waals surface area contributed by atoms with Crippen LogP contribution in [0.4, 0.5) is 0 Å². The van der Waals surface area contributed by atoms with Crippen molar-refractivity contribution in [1.29, 1.82) is 0 Å². The monoisotopic (exact) mass is 212 g/mol. The van der Waals surface area contributed by atoms with E-state index >= 15 is 0 Å². The van der Waals surface area contributed by atoms with Crippen molar-refractivity contribution in [1.82, 2.24) is 0 Å². The van der Waals surface area contributed by atoms with Gasteiger partial charge >= 0.3 is 62.3 Å². The molecule has 0 amide bonds. The third-order valence-corrected chi connectivity index (χ3v) is 2.57. The summed E-state index contributed by atoms with van der Waals surface area (Å²) in [6, 6.07) is 0. The minimum atomic E-state index is 0.116. The molecule has 0 N–H and O–H groups in total. The minimum absolute atomic E-state index is 0.116. The maximum absolute atomic E-state index is 5.10. The zero-order valence-corrected chi connectivity index (χ0v) is 8.11. The molecular formula is C4H9LaO. The molecule has 0 bridgehead atoms. The van der Waals surface area contributed by atoms with Gasteiger partial charge in [-0.1, -0.05) is 0 Å². The summed E-state index contributed by atoms with van der Waals surface area (Å²) in [5, 5.41) is 0. The van der Waals surface area contributed by atoms with Crippen LogP contribution < -0.4 is 0 Å². The summed E-state index contributed by atoms with van der Waals surface area (Å²) in [6.07, 6.45) is 0. The third-order valence-electron chi connectivity index (χ3n) is 0.354. The molecule has 0 saturated carbocycles. The van der Waals surface area contributed by atoms with Crippen molar-refractivity contribution < 1.29 is 36.0 Å². The molecule has 0 saturated heterocycles. The van der Waals surface area contributed by atoms with Crippen LogP contribution in [0.15, 0.2) is 0 Å². The van der Waals surface area contributed by atoms with Crippen LogP contribution in [0.1, 0.15) is 20.8 Å². The van der Waals surface area contributed by atoms with E-state index < -0.39 is 0 Å². The van der Waals surface area contributed by atoms with Crippen molar-refractivity contribution in [3.63, 3.8) is 0 Å². The van der Waals surface area contributed by atoms with Crippen LogP contribution in [-0.2, 0) is 1.70 Å². The van der Waals surface area contributed by atoms with Gasteiger partial charge in [-0.25, -0.2) is 0 Å². The molecule has 0 aromatic rings. The van der Waals surface area contributed by atoms with Crippen molar-refractivity contribution in [3.05, 3.63) is 0 Å². The summed E-state index contributed by atoms with van der Waals surface area (Å²) in [4.78, 5) is 0. The first-order chi connectivity index (χ1) is 2.56. The molecule has 1 nitrogen and oxygen atoms in total. The summed E-state index contributed by atoms with van der Waals surface area (Å²) >= 11 is 0.676. The van der Waals surface area contributed by atoms with Gasteiger partial charge in [-0.3, -0.25) is 0 Å². The quantitative estimate of drug-likeness (QED) is 0.587. The van der Waals surface area contributed by atoms with Crippen molar-refractivity contribution >= 4 is 0 Å². The van der Waals surface area contributed by atoms with Crippen LogP contribution >= 0.6 is 0 Å². The van der Waals surface area contributed by atoms with E-state index in [4.69, 9.17) is 1.70 Å². The Bertz CT molecular complexity index is 37.3. The standard InChI is InChI=1S/C4H9O.La/c1-4(2,3)5;/h1-3H3;/q-1;+1. The summed E-state index contributed by atoms with van der Waals surface area (Å²) < 4.78 is 5.10. The molecule has 0 aliphatic rings. The summed E-state index contributed by atoms with van der Waals surface area (Å²) in [6.45, 7) is 6.19. The van der Waals surface area contributed by atoms with E-state index in [-0.39, 0.29) is 5.60 Å². The first kappa shape index (κ1) is 7.15. The Morgan fingerprint density at radius 2 is 1.50 bits per heavy atom. The zero-order valence-electron chi connectivity index (χ0n) is 4.49. The molecular weight excluding hydrogens is 203 g/mol. The van der Waals surface area contributed by atoms with Gasteiger partial charge in [0.1, 0.15) is 0 Å². The molecule has 0 spiro atoms. The van der Waals surface area contributed by atoms with Gasteiger partial charge in [0.2, 0.25) is 0 Å². The second-order valence-electron chi connectivity index (χ2n) is 2.23. The molecule has 0 atom stereocenters. The number of hydrogen-bond acceptors (Lipinski definition) is 1. The molecule has 0 fully saturated rings. The molecule has 34 valence electrons. The van der Waals surface area contributed by atoms with Gasteiger partial charge in [-0.05, 0) is 0 Å². The predicted octanol–water partition coefficient (Wildman–Crippen LogP) is 1.27. The topological polar surface area (TPSA) is 9.23 Å². The Kier molecular flexibility index (Phi) is 2.93. The molecule has 0 heterocycles. The molecule has 2 heteroatoms. The number of rotatable bonds is 0. The average Bonchev–Trinajstić information content (AvgIpc) is 1.35. The Labute approximate surface area is 62.0 Å². The van der Waals surface area contributed by atoms with Gasteiger partial charge < -0.3 is 0 Å². The van der Waals surface area contributed by atoms with E-state index in [9.17, 15) is 0 Å². The second-order valence-corrected chi connectivity index (χ2v) is 2.97. The van der Waals surface area contributed by atoms with Crippen molar-refractivity contribution in [3.8, 4) is 0 Å². The molecule has 0 aliphatic heterocycles. The van der Waals surface area contributed by atoms with Crippen LogP contribution in [0, 0.1) is 34.3 Å². The van der Waals surface area contributed by atoms with Gasteiger partial charge in [0, 0.05) is 0 Å². The van der Waals surface area contributed by atoms with Gasteiger partial charge in [0.05, 0.1) is 0 Å². The fourth-order valence-electron chi connectivity index (χ4n) is 0. The molecule has 0 aromatic carbocycles. The molecule has 0 aliphatic carbocycles.